The molecule has 0 radical (unpaired) electrons. The smallest absolute Gasteiger partial charge is 0.309 e. The number of hydrogen-bond acceptors (Lipinski definition) is 2. The van der Waals surface area contributed by atoms with E-state index in [0.717, 1.165) is 4.47 Å². The van der Waals surface area contributed by atoms with Crippen molar-refractivity contribution < 1.29 is 9.90 Å². The van der Waals surface area contributed by atoms with Gasteiger partial charge in [-0.1, -0.05) is 22.0 Å². The van der Waals surface area contributed by atoms with Crippen LogP contribution in [0.3, 0.4) is 0 Å². The van der Waals surface area contributed by atoms with Gasteiger partial charge < -0.3 is 10.0 Å². The van der Waals surface area contributed by atoms with Crippen LogP contribution in [0.2, 0.25) is 0 Å². The molecule has 19 heavy (non-hydrogen) atoms. The molecule has 0 amide bonds. The van der Waals surface area contributed by atoms with Crippen LogP contribution in [-0.4, -0.2) is 30.1 Å². The van der Waals surface area contributed by atoms with Crippen molar-refractivity contribution in [2.45, 2.75) is 33.2 Å². The fraction of sp³-hybridized carbons (Fsp3) is 0.533. The first-order valence-corrected chi connectivity index (χ1v) is 7.10. The largest absolute Gasteiger partial charge is 0.481 e. The summed E-state index contributed by atoms with van der Waals surface area (Å²) in [4.78, 5) is 13.4. The Morgan fingerprint density at radius 2 is 2.00 bits per heavy atom. The van der Waals surface area contributed by atoms with Gasteiger partial charge in [-0.3, -0.25) is 4.79 Å². The number of hydrogen-bond donors (Lipinski definition) is 1. The predicted molar refractivity (Wildman–Crippen MR) is 81.3 cm³/mol. The van der Waals surface area contributed by atoms with Crippen LogP contribution in [0.1, 0.15) is 37.4 Å². The molecule has 0 heterocycles. The van der Waals surface area contributed by atoms with Crippen molar-refractivity contribution in [2.75, 3.05) is 14.1 Å². The lowest BCUT2D eigenvalue weighted by Gasteiger charge is -2.32. The van der Waals surface area contributed by atoms with E-state index in [0.29, 0.717) is 6.42 Å². The van der Waals surface area contributed by atoms with E-state index in [1.807, 2.05) is 20.2 Å². The molecule has 0 aromatic heterocycles. The molecule has 4 heteroatoms. The zero-order chi connectivity index (χ0) is 14.8. The Kier molecular flexibility index (Phi) is 5.16. The molecule has 3 nitrogen and oxygen atoms in total. The van der Waals surface area contributed by atoms with Gasteiger partial charge in [-0.2, -0.15) is 0 Å². The third kappa shape index (κ3) is 4.05. The van der Waals surface area contributed by atoms with E-state index in [1.54, 1.807) is 13.8 Å². The van der Waals surface area contributed by atoms with E-state index in [4.69, 9.17) is 0 Å². The summed E-state index contributed by atoms with van der Waals surface area (Å²) < 4.78 is 1.02. The fourth-order valence-corrected chi connectivity index (χ4v) is 2.49. The molecular weight excluding hydrogens is 306 g/mol. The number of halogens is 1. The summed E-state index contributed by atoms with van der Waals surface area (Å²) in [5, 5.41) is 9.31. The van der Waals surface area contributed by atoms with Gasteiger partial charge in [0.1, 0.15) is 0 Å². The highest BCUT2D eigenvalue weighted by atomic mass is 79.9. The number of rotatable bonds is 5. The molecule has 1 atom stereocenters. The van der Waals surface area contributed by atoms with Gasteiger partial charge in [-0.05, 0) is 64.5 Å². The van der Waals surface area contributed by atoms with Crippen LogP contribution in [0.5, 0.6) is 0 Å². The van der Waals surface area contributed by atoms with Gasteiger partial charge in [0.2, 0.25) is 0 Å². The molecule has 0 aliphatic carbocycles. The minimum Gasteiger partial charge on any atom is -0.481 e. The maximum atomic E-state index is 11.3. The van der Waals surface area contributed by atoms with E-state index in [1.165, 1.54) is 11.1 Å². The molecule has 0 saturated carbocycles. The number of nitrogens with zero attached hydrogens (tertiary/aromatic N) is 1. The van der Waals surface area contributed by atoms with Crippen LogP contribution in [0, 0.1) is 12.3 Å². The van der Waals surface area contributed by atoms with Crippen molar-refractivity contribution in [3.63, 3.8) is 0 Å². The number of aryl methyl sites for hydroxylation is 1. The van der Waals surface area contributed by atoms with E-state index in [-0.39, 0.29) is 6.04 Å². The lowest BCUT2D eigenvalue weighted by Crippen LogP contribution is -2.31. The molecule has 0 aliphatic rings. The highest BCUT2D eigenvalue weighted by molar-refractivity contribution is 9.10. The molecule has 1 unspecified atom stereocenters. The van der Waals surface area contributed by atoms with Crippen LogP contribution in [0.25, 0.3) is 0 Å². The second kappa shape index (κ2) is 6.06. The molecule has 0 bridgehead atoms. The number of carboxylic acids is 1. The quantitative estimate of drug-likeness (QED) is 0.892. The molecule has 0 spiro atoms. The molecule has 1 N–H and O–H groups in total. The van der Waals surface area contributed by atoms with Crippen molar-refractivity contribution in [3.8, 4) is 0 Å². The normalized spacial score (nSPS) is 13.6. The molecule has 1 aromatic carbocycles. The Labute approximate surface area is 123 Å². The summed E-state index contributed by atoms with van der Waals surface area (Å²) in [7, 11) is 3.98. The zero-order valence-electron chi connectivity index (χ0n) is 12.2. The molecule has 106 valence electrons. The molecule has 1 rings (SSSR count). The minimum absolute atomic E-state index is 0.0867. The summed E-state index contributed by atoms with van der Waals surface area (Å²) in [5.74, 6) is -0.757. The van der Waals surface area contributed by atoms with Crippen LogP contribution in [0.15, 0.2) is 22.7 Å². The zero-order valence-corrected chi connectivity index (χ0v) is 13.8. The lowest BCUT2D eigenvalue weighted by molar-refractivity contribution is -0.148. The van der Waals surface area contributed by atoms with Crippen molar-refractivity contribution >= 4 is 21.9 Å². The molecule has 0 aliphatic heterocycles. The summed E-state index contributed by atoms with van der Waals surface area (Å²) >= 11 is 3.49. The first kappa shape index (κ1) is 16.2. The van der Waals surface area contributed by atoms with E-state index in [9.17, 15) is 9.90 Å². The summed E-state index contributed by atoms with van der Waals surface area (Å²) in [6.45, 7) is 5.62. The van der Waals surface area contributed by atoms with Crippen LogP contribution in [-0.2, 0) is 4.79 Å². The topological polar surface area (TPSA) is 40.5 Å². The average Bonchev–Trinajstić information content (AvgIpc) is 2.29. The van der Waals surface area contributed by atoms with Crippen molar-refractivity contribution in [2.24, 2.45) is 5.41 Å². The average molecular weight is 328 g/mol. The number of aliphatic carboxylic acids is 1. The van der Waals surface area contributed by atoms with Crippen molar-refractivity contribution in [3.05, 3.63) is 33.8 Å². The Hall–Kier alpha value is -0.870. The monoisotopic (exact) mass is 327 g/mol. The van der Waals surface area contributed by atoms with Gasteiger partial charge in [0.15, 0.2) is 0 Å². The Bertz CT molecular complexity index is 469. The second-order valence-corrected chi connectivity index (χ2v) is 6.79. The maximum absolute atomic E-state index is 11.3. The fourth-order valence-electron chi connectivity index (χ4n) is 2.11. The van der Waals surface area contributed by atoms with Gasteiger partial charge in [0.25, 0.3) is 0 Å². The first-order chi connectivity index (χ1) is 8.65. The van der Waals surface area contributed by atoms with Gasteiger partial charge in [0.05, 0.1) is 5.41 Å². The first-order valence-electron chi connectivity index (χ1n) is 6.31. The molecule has 0 fully saturated rings. The summed E-state index contributed by atoms with van der Waals surface area (Å²) in [6.07, 6.45) is 0.576. The standard InChI is InChI=1S/C15H22BrNO2/c1-10-6-7-11(16)8-12(10)13(17(4)5)9-15(2,3)14(18)19/h6-8,13H,9H2,1-5H3,(H,18,19). The predicted octanol–water partition coefficient (Wildman–Crippen LogP) is 3.86. The van der Waals surface area contributed by atoms with Gasteiger partial charge in [0, 0.05) is 10.5 Å². The third-order valence-corrected chi connectivity index (χ3v) is 4.00. The van der Waals surface area contributed by atoms with Gasteiger partial charge in [-0.25, -0.2) is 0 Å². The van der Waals surface area contributed by atoms with E-state index < -0.39 is 11.4 Å². The van der Waals surface area contributed by atoms with Crippen LogP contribution < -0.4 is 0 Å². The lowest BCUT2D eigenvalue weighted by atomic mass is 9.82. The number of carboxylic acid groups (broad SMARTS) is 1. The molecular formula is C15H22BrNO2. The van der Waals surface area contributed by atoms with E-state index in [2.05, 4.69) is 39.9 Å². The minimum atomic E-state index is -0.757. The van der Waals surface area contributed by atoms with Crippen LogP contribution >= 0.6 is 15.9 Å². The molecule has 1 aromatic rings. The maximum Gasteiger partial charge on any atom is 0.309 e. The van der Waals surface area contributed by atoms with Crippen LogP contribution in [0.4, 0.5) is 0 Å². The second-order valence-electron chi connectivity index (χ2n) is 5.87. The van der Waals surface area contributed by atoms with Crippen molar-refractivity contribution in [1.82, 2.24) is 4.90 Å². The number of carbonyl (C=O) groups is 1. The van der Waals surface area contributed by atoms with Gasteiger partial charge in [-0.15, -0.1) is 0 Å². The summed E-state index contributed by atoms with van der Waals surface area (Å²) in [5.41, 5.74) is 1.61. The Balaban J connectivity index is 3.15. The summed E-state index contributed by atoms with van der Waals surface area (Å²) in [6, 6.07) is 6.23. The van der Waals surface area contributed by atoms with Crippen molar-refractivity contribution in [1.29, 1.82) is 0 Å². The highest BCUT2D eigenvalue weighted by Crippen LogP contribution is 2.35. The molecule has 0 saturated heterocycles. The number of benzene rings is 1. The van der Waals surface area contributed by atoms with E-state index >= 15 is 0 Å². The Morgan fingerprint density at radius 1 is 1.42 bits per heavy atom. The third-order valence-electron chi connectivity index (χ3n) is 3.51. The van der Waals surface area contributed by atoms with Gasteiger partial charge >= 0.3 is 5.97 Å². The highest BCUT2D eigenvalue weighted by Gasteiger charge is 2.32. The SMILES string of the molecule is Cc1ccc(Br)cc1C(CC(C)(C)C(=O)O)N(C)C. The Morgan fingerprint density at radius 3 is 2.47 bits per heavy atom.